The number of para-hydroxylation sites is 1. The first kappa shape index (κ1) is 13.0. The molecule has 0 unspecified atom stereocenters. The Morgan fingerprint density at radius 3 is 2.85 bits per heavy atom. The molecule has 4 nitrogen and oxygen atoms in total. The summed E-state index contributed by atoms with van der Waals surface area (Å²) in [6, 6.07) is 7.28. The Labute approximate surface area is 117 Å². The molecule has 1 aliphatic rings. The predicted molar refractivity (Wildman–Crippen MR) is 76.4 cm³/mol. The molecular formula is C15H17FN4. The van der Waals surface area contributed by atoms with Gasteiger partial charge in [0.2, 0.25) is 0 Å². The Hall–Kier alpha value is -2.01. The first-order chi connectivity index (χ1) is 9.74. The lowest BCUT2D eigenvalue weighted by Gasteiger charge is -2.19. The van der Waals surface area contributed by atoms with Crippen LogP contribution >= 0.6 is 0 Å². The minimum absolute atomic E-state index is 0.265. The van der Waals surface area contributed by atoms with Crippen LogP contribution in [0.1, 0.15) is 18.5 Å². The molecule has 1 heterocycles. The zero-order valence-corrected chi connectivity index (χ0v) is 11.4. The second kappa shape index (κ2) is 5.54. The fraction of sp³-hybridized carbons (Fsp3) is 0.333. The van der Waals surface area contributed by atoms with E-state index in [2.05, 4.69) is 15.3 Å². The predicted octanol–water partition coefficient (Wildman–Crippen LogP) is 2.64. The summed E-state index contributed by atoms with van der Waals surface area (Å²) in [5, 5.41) is 3.40. The first-order valence-electron chi connectivity index (χ1n) is 6.76. The Morgan fingerprint density at radius 2 is 2.10 bits per heavy atom. The molecule has 5 heteroatoms. The van der Waals surface area contributed by atoms with Gasteiger partial charge in [-0.25, -0.2) is 9.37 Å². The van der Waals surface area contributed by atoms with Crippen LogP contribution in [-0.2, 0) is 6.54 Å². The average molecular weight is 272 g/mol. The molecule has 0 radical (unpaired) electrons. The zero-order chi connectivity index (χ0) is 13.9. The highest BCUT2D eigenvalue weighted by Gasteiger charge is 2.20. The highest BCUT2D eigenvalue weighted by atomic mass is 19.1. The van der Waals surface area contributed by atoms with E-state index in [4.69, 9.17) is 0 Å². The minimum Gasteiger partial charge on any atom is -0.326 e. The van der Waals surface area contributed by atoms with Crippen LogP contribution in [0.5, 0.6) is 0 Å². The van der Waals surface area contributed by atoms with Gasteiger partial charge in [-0.15, -0.1) is 0 Å². The summed E-state index contributed by atoms with van der Waals surface area (Å²) in [7, 11) is 1.79. The average Bonchev–Trinajstić information content (AvgIpc) is 3.29. The van der Waals surface area contributed by atoms with Gasteiger partial charge in [0.25, 0.3) is 0 Å². The molecule has 0 atom stereocenters. The van der Waals surface area contributed by atoms with Crippen molar-refractivity contribution < 1.29 is 4.39 Å². The summed E-state index contributed by atoms with van der Waals surface area (Å²) in [4.78, 5) is 10.4. The minimum atomic E-state index is -0.265. The number of rotatable bonds is 5. The van der Waals surface area contributed by atoms with E-state index in [0.29, 0.717) is 24.1 Å². The highest BCUT2D eigenvalue weighted by Crippen LogP contribution is 2.24. The number of hydrogen-bond donors (Lipinski definition) is 1. The maximum absolute atomic E-state index is 13.8. The van der Waals surface area contributed by atoms with E-state index in [1.165, 1.54) is 18.9 Å². The molecule has 0 amide bonds. The lowest BCUT2D eigenvalue weighted by atomic mass is 10.3. The number of hydrogen-bond acceptors (Lipinski definition) is 4. The van der Waals surface area contributed by atoms with Crippen LogP contribution in [0, 0.1) is 5.82 Å². The third-order valence-electron chi connectivity index (χ3n) is 3.38. The quantitative estimate of drug-likeness (QED) is 0.908. The fourth-order valence-corrected chi connectivity index (χ4v) is 2.03. The van der Waals surface area contributed by atoms with Crippen molar-refractivity contribution >= 4 is 11.5 Å². The van der Waals surface area contributed by atoms with Crippen LogP contribution in [0.15, 0.2) is 36.7 Å². The molecule has 1 saturated carbocycles. The van der Waals surface area contributed by atoms with E-state index < -0.39 is 0 Å². The van der Waals surface area contributed by atoms with E-state index in [0.717, 1.165) is 5.69 Å². The van der Waals surface area contributed by atoms with E-state index >= 15 is 0 Å². The third-order valence-corrected chi connectivity index (χ3v) is 3.38. The van der Waals surface area contributed by atoms with Gasteiger partial charge in [-0.05, 0) is 25.0 Å². The second-order valence-electron chi connectivity index (χ2n) is 5.03. The smallest absolute Gasteiger partial charge is 0.151 e. The van der Waals surface area contributed by atoms with Gasteiger partial charge in [0, 0.05) is 25.8 Å². The Bertz CT molecular complexity index is 598. The van der Waals surface area contributed by atoms with Gasteiger partial charge in [-0.2, -0.15) is 0 Å². The Kier molecular flexibility index (Phi) is 3.60. The maximum atomic E-state index is 13.8. The Morgan fingerprint density at radius 1 is 1.30 bits per heavy atom. The topological polar surface area (TPSA) is 41.1 Å². The number of halogens is 1. The van der Waals surface area contributed by atoms with Crippen LogP contribution in [0.4, 0.5) is 15.9 Å². The van der Waals surface area contributed by atoms with Crippen molar-refractivity contribution in [2.45, 2.75) is 25.4 Å². The summed E-state index contributed by atoms with van der Waals surface area (Å²) < 4.78 is 13.8. The molecule has 2 aromatic rings. The molecule has 1 N–H and O–H groups in total. The van der Waals surface area contributed by atoms with Gasteiger partial charge < -0.3 is 10.2 Å². The molecule has 0 bridgehead atoms. The van der Waals surface area contributed by atoms with Crippen molar-refractivity contribution in [3.63, 3.8) is 0 Å². The van der Waals surface area contributed by atoms with Crippen LogP contribution < -0.4 is 10.2 Å². The van der Waals surface area contributed by atoms with Crippen molar-refractivity contribution in [3.05, 3.63) is 48.2 Å². The SMILES string of the molecule is CN(c1cncc(CNC2CC2)n1)c1ccccc1F. The van der Waals surface area contributed by atoms with Crippen molar-refractivity contribution in [1.29, 1.82) is 0 Å². The van der Waals surface area contributed by atoms with Gasteiger partial charge in [-0.3, -0.25) is 4.98 Å². The summed E-state index contributed by atoms with van der Waals surface area (Å²) in [5.41, 5.74) is 1.37. The summed E-state index contributed by atoms with van der Waals surface area (Å²) in [6.45, 7) is 0.705. The molecule has 20 heavy (non-hydrogen) atoms. The number of nitrogens with one attached hydrogen (secondary N) is 1. The summed E-state index contributed by atoms with van der Waals surface area (Å²) in [6.07, 6.45) is 5.87. The lowest BCUT2D eigenvalue weighted by molar-refractivity contribution is 0.627. The van der Waals surface area contributed by atoms with E-state index in [9.17, 15) is 4.39 Å². The van der Waals surface area contributed by atoms with Crippen molar-refractivity contribution in [2.75, 3.05) is 11.9 Å². The van der Waals surface area contributed by atoms with Crippen LogP contribution in [-0.4, -0.2) is 23.1 Å². The molecule has 1 aromatic carbocycles. The molecule has 0 spiro atoms. The van der Waals surface area contributed by atoms with Gasteiger partial charge in [0.15, 0.2) is 5.82 Å². The van der Waals surface area contributed by atoms with Crippen LogP contribution in [0.2, 0.25) is 0 Å². The van der Waals surface area contributed by atoms with Gasteiger partial charge in [-0.1, -0.05) is 12.1 Å². The van der Waals surface area contributed by atoms with Crippen molar-refractivity contribution in [3.8, 4) is 0 Å². The van der Waals surface area contributed by atoms with Crippen molar-refractivity contribution in [2.24, 2.45) is 0 Å². The number of anilines is 2. The largest absolute Gasteiger partial charge is 0.326 e. The summed E-state index contributed by atoms with van der Waals surface area (Å²) in [5.74, 6) is 0.378. The second-order valence-corrected chi connectivity index (χ2v) is 5.03. The first-order valence-corrected chi connectivity index (χ1v) is 6.76. The standard InChI is InChI=1S/C15H17FN4/c1-20(14-5-3-2-4-13(14)16)15-10-17-8-12(19-15)9-18-11-6-7-11/h2-5,8,10-11,18H,6-7,9H2,1H3. The van der Waals surface area contributed by atoms with E-state index in [1.807, 2.05) is 0 Å². The molecule has 0 aliphatic heterocycles. The highest BCUT2D eigenvalue weighted by molar-refractivity contribution is 5.58. The van der Waals surface area contributed by atoms with Crippen LogP contribution in [0.3, 0.4) is 0 Å². The van der Waals surface area contributed by atoms with Gasteiger partial charge in [0.05, 0.1) is 17.6 Å². The number of aromatic nitrogens is 2. The monoisotopic (exact) mass is 272 g/mol. The molecular weight excluding hydrogens is 255 g/mol. The number of nitrogens with zero attached hydrogens (tertiary/aromatic N) is 3. The van der Waals surface area contributed by atoms with Crippen molar-refractivity contribution in [1.82, 2.24) is 15.3 Å². The molecule has 3 rings (SSSR count). The zero-order valence-electron chi connectivity index (χ0n) is 11.4. The van der Waals surface area contributed by atoms with E-state index in [1.54, 1.807) is 42.5 Å². The van der Waals surface area contributed by atoms with Gasteiger partial charge >= 0.3 is 0 Å². The molecule has 0 saturated heterocycles. The number of benzene rings is 1. The Balaban J connectivity index is 1.78. The fourth-order valence-electron chi connectivity index (χ4n) is 2.03. The van der Waals surface area contributed by atoms with Crippen LogP contribution in [0.25, 0.3) is 0 Å². The molecule has 1 aromatic heterocycles. The lowest BCUT2D eigenvalue weighted by Crippen LogP contribution is -2.18. The normalized spacial score (nSPS) is 14.3. The van der Waals surface area contributed by atoms with Gasteiger partial charge in [0.1, 0.15) is 5.82 Å². The summed E-state index contributed by atoms with van der Waals surface area (Å²) >= 11 is 0. The van der Waals surface area contributed by atoms with E-state index in [-0.39, 0.29) is 5.82 Å². The molecule has 104 valence electrons. The third kappa shape index (κ3) is 2.93. The molecule has 1 aliphatic carbocycles. The molecule has 1 fully saturated rings. The maximum Gasteiger partial charge on any atom is 0.151 e.